The summed E-state index contributed by atoms with van der Waals surface area (Å²) in [6.07, 6.45) is 7.02. The first-order chi connectivity index (χ1) is 32.4. The van der Waals surface area contributed by atoms with Gasteiger partial charge in [0, 0.05) is 62.3 Å². The predicted molar refractivity (Wildman–Crippen MR) is 263 cm³/mol. The molecule has 8 bridgehead atoms. The number of aromatic amines is 2. The van der Waals surface area contributed by atoms with Crippen LogP contribution in [0, 0.1) is 16.0 Å². The number of nitrogens with zero attached hydrogens (tertiary/aromatic N) is 3. The Morgan fingerprint density at radius 3 is 1.29 bits per heavy atom. The minimum absolute atomic E-state index is 0.131. The number of carbonyl (C=O) groups excluding carboxylic acids is 2. The number of nitro groups is 1. The predicted octanol–water partition coefficient (Wildman–Crippen LogP) is 11.7. The zero-order valence-corrected chi connectivity index (χ0v) is 37.0. The van der Waals surface area contributed by atoms with Gasteiger partial charge >= 0.3 is 0 Å². The molecule has 330 valence electrons. The monoisotopic (exact) mass is 873 g/mol. The molecule has 4 aromatic carbocycles. The largest absolute Gasteiger partial charge is 0.355 e. The Morgan fingerprint density at radius 1 is 0.545 bits per heavy atom. The summed E-state index contributed by atoms with van der Waals surface area (Å²) in [4.78, 5) is 61.5. The molecule has 0 unspecified atom stereocenters. The van der Waals surface area contributed by atoms with Gasteiger partial charge in [-0.15, -0.1) is 0 Å². The van der Waals surface area contributed by atoms with Crippen LogP contribution in [-0.4, -0.2) is 49.8 Å². The summed E-state index contributed by atoms with van der Waals surface area (Å²) in [5, 5.41) is 20.1. The van der Waals surface area contributed by atoms with Gasteiger partial charge in [-0.1, -0.05) is 148 Å². The van der Waals surface area contributed by atoms with Crippen molar-refractivity contribution in [2.75, 3.05) is 13.1 Å². The maximum Gasteiger partial charge on any atom is 0.264 e. The molecule has 0 radical (unpaired) electrons. The van der Waals surface area contributed by atoms with E-state index in [1.54, 1.807) is 0 Å². The van der Waals surface area contributed by atoms with Crippen LogP contribution in [0.1, 0.15) is 74.3 Å². The summed E-state index contributed by atoms with van der Waals surface area (Å²) < 4.78 is 0. The molecular weight excluding hydrogens is 823 g/mol. The summed E-state index contributed by atoms with van der Waals surface area (Å²) in [5.74, 6) is -4.03. The van der Waals surface area contributed by atoms with Gasteiger partial charge in [0.25, 0.3) is 6.04 Å². The average Bonchev–Trinajstić information content (AvgIpc) is 4.18. The molecule has 2 amide bonds. The third kappa shape index (κ3) is 8.55. The molecule has 4 N–H and O–H groups in total. The fourth-order valence-electron chi connectivity index (χ4n) is 9.23. The fourth-order valence-corrected chi connectivity index (χ4v) is 9.23. The Morgan fingerprint density at radius 2 is 0.909 bits per heavy atom. The number of aromatic nitrogens is 4. The van der Waals surface area contributed by atoms with E-state index in [0.717, 1.165) is 57.5 Å². The van der Waals surface area contributed by atoms with E-state index in [4.69, 9.17) is 9.97 Å². The van der Waals surface area contributed by atoms with Gasteiger partial charge < -0.3 is 20.6 Å². The third-order valence-corrected chi connectivity index (χ3v) is 12.4. The minimum atomic E-state index is -1.63. The number of carbonyl (C=O) groups is 2. The number of unbranched alkanes of at least 4 members (excludes halogenated alkanes) is 2. The molecule has 0 saturated heterocycles. The van der Waals surface area contributed by atoms with Crippen LogP contribution in [0.4, 0.5) is 0 Å². The summed E-state index contributed by atoms with van der Waals surface area (Å²) in [7, 11) is 0. The second kappa shape index (κ2) is 19.4. The zero-order valence-electron chi connectivity index (χ0n) is 37.0. The molecule has 7 aromatic rings. The molecule has 5 heterocycles. The molecule has 2 aliphatic rings. The molecule has 3 aromatic heterocycles. The van der Waals surface area contributed by atoms with E-state index in [0.29, 0.717) is 59.2 Å². The molecule has 0 fully saturated rings. The summed E-state index contributed by atoms with van der Waals surface area (Å²) in [6, 6.07) is 45.3. The first-order valence-corrected chi connectivity index (χ1v) is 22.7. The minimum Gasteiger partial charge on any atom is -0.355 e. The van der Waals surface area contributed by atoms with Crippen molar-refractivity contribution in [3.05, 3.63) is 178 Å². The number of amides is 2. The highest BCUT2D eigenvalue weighted by Gasteiger charge is 2.53. The molecule has 2 aliphatic heterocycles. The van der Waals surface area contributed by atoms with E-state index in [9.17, 15) is 19.7 Å². The van der Waals surface area contributed by atoms with Crippen molar-refractivity contribution in [1.82, 2.24) is 30.6 Å². The number of hydrogen-bond donors (Lipinski definition) is 4. The zero-order chi connectivity index (χ0) is 45.6. The van der Waals surface area contributed by atoms with Gasteiger partial charge in [-0.05, 0) is 71.5 Å². The van der Waals surface area contributed by atoms with Gasteiger partial charge in [-0.3, -0.25) is 19.7 Å². The van der Waals surface area contributed by atoms with E-state index in [1.807, 2.05) is 172 Å². The fraction of sp³-hybridized carbons (Fsp3) is 0.200. The lowest BCUT2D eigenvalue weighted by atomic mass is 9.79. The Balaban J connectivity index is 1.49. The van der Waals surface area contributed by atoms with E-state index < -0.39 is 29.7 Å². The van der Waals surface area contributed by atoms with Crippen LogP contribution >= 0.6 is 0 Å². The molecule has 0 spiro atoms. The van der Waals surface area contributed by atoms with Gasteiger partial charge in [0.1, 0.15) is 11.6 Å². The number of nitrogens with one attached hydrogen (secondary N) is 4. The van der Waals surface area contributed by atoms with Gasteiger partial charge in [0.15, 0.2) is 0 Å². The van der Waals surface area contributed by atoms with Crippen LogP contribution < -0.4 is 10.6 Å². The van der Waals surface area contributed by atoms with Crippen LogP contribution in [0.15, 0.2) is 146 Å². The highest BCUT2D eigenvalue weighted by Crippen LogP contribution is 2.50. The van der Waals surface area contributed by atoms with Crippen molar-refractivity contribution in [2.45, 2.75) is 51.5 Å². The summed E-state index contributed by atoms with van der Waals surface area (Å²) in [6.45, 7) is 4.65. The number of fused-ring (bicyclic) bond motifs is 8. The second-order valence-corrected chi connectivity index (χ2v) is 16.7. The topological polar surface area (TPSA) is 159 Å². The van der Waals surface area contributed by atoms with Gasteiger partial charge in [-0.25, -0.2) is 9.97 Å². The first kappa shape index (κ1) is 43.3. The Hall–Kier alpha value is -7.92. The number of benzene rings is 4. The van der Waals surface area contributed by atoms with Crippen molar-refractivity contribution in [1.29, 1.82) is 0 Å². The molecule has 11 heteroatoms. The van der Waals surface area contributed by atoms with Crippen molar-refractivity contribution in [3.8, 4) is 44.5 Å². The van der Waals surface area contributed by atoms with Crippen molar-refractivity contribution in [3.63, 3.8) is 0 Å². The SMILES string of the molecule is CCCCNC(=O)C(C(=O)NCCCC)[C@H]1c2nc(c(-c3ccccc3)c3ccc([nH]3)c(-c3ccccc3)c3nc(c(-c4ccccc4)c4ccc([nH]4)c2-c2ccccc2)C=C3)[C@@H]1[N+](=O)[O-]. The Bertz CT molecular complexity index is 3070. The lowest BCUT2D eigenvalue weighted by molar-refractivity contribution is -0.533. The lowest BCUT2D eigenvalue weighted by Gasteiger charge is -2.25. The normalized spacial score (nSPS) is 14.3. The van der Waals surface area contributed by atoms with Crippen molar-refractivity contribution in [2.24, 2.45) is 5.92 Å². The molecule has 0 saturated carbocycles. The van der Waals surface area contributed by atoms with Gasteiger partial charge in [-0.2, -0.15) is 0 Å². The van der Waals surface area contributed by atoms with Gasteiger partial charge in [0.2, 0.25) is 11.8 Å². The summed E-state index contributed by atoms with van der Waals surface area (Å²) in [5.41, 5.74) is 10.5. The second-order valence-electron chi connectivity index (χ2n) is 16.7. The smallest absolute Gasteiger partial charge is 0.264 e. The molecule has 0 aliphatic carbocycles. The van der Waals surface area contributed by atoms with Crippen LogP contribution in [0.2, 0.25) is 0 Å². The average molecular weight is 874 g/mol. The van der Waals surface area contributed by atoms with E-state index in [-0.39, 0.29) is 16.3 Å². The number of H-pyrrole nitrogens is 2. The van der Waals surface area contributed by atoms with Crippen molar-refractivity contribution < 1.29 is 14.5 Å². The third-order valence-electron chi connectivity index (χ3n) is 12.4. The molecule has 66 heavy (non-hydrogen) atoms. The molecule has 11 nitrogen and oxygen atoms in total. The van der Waals surface area contributed by atoms with Crippen LogP contribution in [0.5, 0.6) is 0 Å². The Kier molecular flexibility index (Phi) is 12.8. The number of rotatable bonds is 14. The molecular formula is C55H51N7O4. The highest BCUT2D eigenvalue weighted by molar-refractivity contribution is 6.03. The molecule has 9 rings (SSSR count). The van der Waals surface area contributed by atoms with Gasteiger partial charge in [0.05, 0.1) is 23.0 Å². The van der Waals surface area contributed by atoms with Crippen LogP contribution in [0.3, 0.4) is 0 Å². The maximum atomic E-state index is 14.8. The van der Waals surface area contributed by atoms with Crippen molar-refractivity contribution >= 4 is 46.0 Å². The first-order valence-electron chi connectivity index (χ1n) is 22.7. The number of hydrogen-bond acceptors (Lipinski definition) is 6. The molecule has 2 atom stereocenters. The quantitative estimate of drug-likeness (QED) is 0.0368. The van der Waals surface area contributed by atoms with E-state index in [1.165, 1.54) is 0 Å². The Labute approximate surface area is 383 Å². The van der Waals surface area contributed by atoms with E-state index in [2.05, 4.69) is 20.6 Å². The van der Waals surface area contributed by atoms with Crippen LogP contribution in [-0.2, 0) is 9.59 Å². The maximum absolute atomic E-state index is 14.8. The summed E-state index contributed by atoms with van der Waals surface area (Å²) >= 11 is 0. The highest BCUT2D eigenvalue weighted by atomic mass is 16.6. The van der Waals surface area contributed by atoms with E-state index >= 15 is 0 Å². The standard InChI is InChI=1S/C55H51N7O4/c1-3-5-33-56-54(63)50(55(64)57-34-6-4-2)49-51-47(37-23-15-9-16-24-37)43-31-29-41(59-43)45(35-19-11-7-12-20-35)39-27-28-40(58-39)46(36-21-13-8-14-22-36)42-30-32-44(60-42)48(38-25-17-10-18-26-38)52(61-51)53(49)62(65)66/h7-32,49-50,53,59-60H,3-6,33-34H2,1-2H3,(H,56,63)(H,57,64)/t49-,53+/m0/s1. The van der Waals surface area contributed by atoms with Crippen LogP contribution in [0.25, 0.3) is 78.7 Å². The lowest BCUT2D eigenvalue weighted by Crippen LogP contribution is -2.46.